The van der Waals surface area contributed by atoms with Gasteiger partial charge in [0.15, 0.2) is 0 Å². The molecule has 0 N–H and O–H groups in total. The Hall–Kier alpha value is -4.62. The van der Waals surface area contributed by atoms with Gasteiger partial charge < -0.3 is 0 Å². The molecule has 42 heavy (non-hydrogen) atoms. The van der Waals surface area contributed by atoms with Gasteiger partial charge in [-0.25, -0.2) is 0 Å². The summed E-state index contributed by atoms with van der Waals surface area (Å²) in [5.41, 5.74) is 16.5. The topological polar surface area (TPSA) is 0 Å². The normalized spacial score (nSPS) is 13.6. The summed E-state index contributed by atoms with van der Waals surface area (Å²) in [6.45, 7) is 7.05. The van der Waals surface area contributed by atoms with E-state index in [-0.39, 0.29) is 12.1 Å². The average molecular weight is 537 g/mol. The minimum Gasteiger partial charge on any atom is -0.0667 e. The van der Waals surface area contributed by atoms with Crippen LogP contribution in [0.3, 0.4) is 0 Å². The lowest BCUT2D eigenvalue weighted by Gasteiger charge is -2.29. The van der Waals surface area contributed by atoms with E-state index in [2.05, 4.69) is 154 Å². The van der Waals surface area contributed by atoms with Crippen LogP contribution in [0.4, 0.5) is 0 Å². The summed E-state index contributed by atoms with van der Waals surface area (Å²) in [7, 11) is 0. The summed E-state index contributed by atoms with van der Waals surface area (Å²) in [5, 5.41) is 2.61. The molecule has 0 saturated carbocycles. The predicted octanol–water partition coefficient (Wildman–Crippen LogP) is 8.13. The highest BCUT2D eigenvalue weighted by atomic mass is 14.3. The first-order chi connectivity index (χ1) is 20.5. The van der Waals surface area contributed by atoms with Crippen LogP contribution >= 0.6 is 0 Å². The maximum absolute atomic E-state index is 2.50. The Morgan fingerprint density at radius 1 is 0.571 bits per heavy atom. The van der Waals surface area contributed by atoms with E-state index in [0.717, 1.165) is 6.42 Å². The van der Waals surface area contributed by atoms with E-state index in [9.17, 15) is 0 Å². The SMILES string of the molecule is CC(C)(C)c1ccc(C2=Cc3cc(-c4ccccc4)cc4c3B(c3ccccc3C4)c3ccc4ccccc4c32)cc1. The summed E-state index contributed by atoms with van der Waals surface area (Å²) in [6.07, 6.45) is 3.46. The van der Waals surface area contributed by atoms with Gasteiger partial charge in [-0.3, -0.25) is 0 Å². The zero-order chi connectivity index (χ0) is 28.4. The number of hydrogen-bond donors (Lipinski definition) is 0. The quantitative estimate of drug-likeness (QED) is 0.196. The standard InChI is InChI=1S/C41H33B/c1-41(2,3)34-20-17-29(18-21-34)36-26-33-25-31(27-11-5-4-6-12-27)24-32-23-30-14-8-10-16-37(30)42(40(32)33)38-22-19-28-13-7-9-15-35(28)39(36)38/h4-22,24-26H,23H2,1-3H3. The molecule has 0 saturated heterocycles. The molecule has 0 amide bonds. The van der Waals surface area contributed by atoms with Crippen molar-refractivity contribution in [1.82, 2.24) is 0 Å². The Morgan fingerprint density at radius 2 is 1.31 bits per heavy atom. The summed E-state index contributed by atoms with van der Waals surface area (Å²) in [5.74, 6) is 0. The lowest BCUT2D eigenvalue weighted by Crippen LogP contribution is -2.58. The molecule has 2 aliphatic heterocycles. The third kappa shape index (κ3) is 3.99. The van der Waals surface area contributed by atoms with Crippen LogP contribution in [0, 0.1) is 0 Å². The molecule has 0 radical (unpaired) electrons. The van der Waals surface area contributed by atoms with Crippen LogP contribution in [-0.4, -0.2) is 6.71 Å². The van der Waals surface area contributed by atoms with E-state index >= 15 is 0 Å². The smallest absolute Gasteiger partial charge is 0.0667 e. The first-order valence-electron chi connectivity index (χ1n) is 15.1. The van der Waals surface area contributed by atoms with Gasteiger partial charge >= 0.3 is 0 Å². The summed E-state index contributed by atoms with van der Waals surface area (Å²) in [4.78, 5) is 0. The van der Waals surface area contributed by atoms with Crippen molar-refractivity contribution in [3.63, 3.8) is 0 Å². The number of fused-ring (bicyclic) bond motifs is 6. The zero-order valence-electron chi connectivity index (χ0n) is 24.5. The Bertz CT molecular complexity index is 2020. The van der Waals surface area contributed by atoms with Crippen molar-refractivity contribution in [2.24, 2.45) is 0 Å². The Labute approximate surface area is 249 Å². The summed E-state index contributed by atoms with van der Waals surface area (Å²) >= 11 is 0. The fourth-order valence-electron chi connectivity index (χ4n) is 7.25. The van der Waals surface area contributed by atoms with E-state index < -0.39 is 0 Å². The van der Waals surface area contributed by atoms with Crippen molar-refractivity contribution in [2.75, 3.05) is 0 Å². The molecular formula is C41H33B. The first kappa shape index (κ1) is 25.1. The average Bonchev–Trinajstić information content (AvgIpc) is 3.17. The van der Waals surface area contributed by atoms with E-state index in [1.165, 1.54) is 77.2 Å². The molecule has 0 spiro atoms. The second-order valence-corrected chi connectivity index (χ2v) is 12.9. The third-order valence-corrected chi connectivity index (χ3v) is 9.34. The molecule has 0 nitrogen and oxygen atoms in total. The molecule has 6 aromatic rings. The Kier molecular flexibility index (Phi) is 5.66. The van der Waals surface area contributed by atoms with Gasteiger partial charge in [-0.2, -0.15) is 0 Å². The summed E-state index contributed by atoms with van der Waals surface area (Å²) in [6, 6.07) is 47.8. The van der Waals surface area contributed by atoms with Crippen LogP contribution < -0.4 is 16.4 Å². The lowest BCUT2D eigenvalue weighted by molar-refractivity contribution is 0.590. The second-order valence-electron chi connectivity index (χ2n) is 12.9. The van der Waals surface area contributed by atoms with Crippen molar-refractivity contribution in [2.45, 2.75) is 32.6 Å². The molecule has 0 fully saturated rings. The second kappa shape index (κ2) is 9.46. The van der Waals surface area contributed by atoms with Gasteiger partial charge in [0, 0.05) is 0 Å². The van der Waals surface area contributed by atoms with E-state index in [4.69, 9.17) is 0 Å². The van der Waals surface area contributed by atoms with Crippen molar-refractivity contribution < 1.29 is 0 Å². The molecule has 0 atom stereocenters. The highest BCUT2D eigenvalue weighted by Crippen LogP contribution is 2.36. The maximum Gasteiger partial charge on any atom is 0.243 e. The van der Waals surface area contributed by atoms with Crippen LogP contribution in [0.25, 0.3) is 33.5 Å². The molecule has 6 aromatic carbocycles. The van der Waals surface area contributed by atoms with Gasteiger partial charge in [-0.1, -0.05) is 158 Å². The molecule has 1 heteroatoms. The lowest BCUT2D eigenvalue weighted by atomic mass is 9.32. The van der Waals surface area contributed by atoms with Crippen LogP contribution in [0.2, 0.25) is 0 Å². The van der Waals surface area contributed by atoms with E-state index in [1.54, 1.807) is 0 Å². The fourth-order valence-corrected chi connectivity index (χ4v) is 7.25. The van der Waals surface area contributed by atoms with Crippen molar-refractivity contribution in [3.8, 4) is 11.1 Å². The molecular weight excluding hydrogens is 503 g/mol. The minimum atomic E-state index is 0.112. The summed E-state index contributed by atoms with van der Waals surface area (Å²) < 4.78 is 0. The molecule has 0 aromatic heterocycles. The molecule has 0 aliphatic carbocycles. The van der Waals surface area contributed by atoms with Crippen LogP contribution in [0.15, 0.2) is 127 Å². The predicted molar refractivity (Wildman–Crippen MR) is 182 cm³/mol. The van der Waals surface area contributed by atoms with Gasteiger partial charge in [0.25, 0.3) is 0 Å². The van der Waals surface area contributed by atoms with E-state index in [1.807, 2.05) is 0 Å². The number of rotatable bonds is 2. The monoisotopic (exact) mass is 536 g/mol. The third-order valence-electron chi connectivity index (χ3n) is 9.34. The molecule has 200 valence electrons. The van der Waals surface area contributed by atoms with Gasteiger partial charge in [-0.15, -0.1) is 0 Å². The van der Waals surface area contributed by atoms with Gasteiger partial charge in [-0.05, 0) is 84.8 Å². The number of benzene rings is 6. The maximum atomic E-state index is 2.50. The highest BCUT2D eigenvalue weighted by Gasteiger charge is 2.37. The van der Waals surface area contributed by atoms with Gasteiger partial charge in [0.1, 0.15) is 0 Å². The van der Waals surface area contributed by atoms with Gasteiger partial charge in [0.05, 0.1) is 0 Å². The van der Waals surface area contributed by atoms with E-state index in [0.29, 0.717) is 0 Å². The molecule has 8 rings (SSSR count). The Balaban J connectivity index is 1.48. The molecule has 0 unspecified atom stereocenters. The zero-order valence-corrected chi connectivity index (χ0v) is 24.5. The highest BCUT2D eigenvalue weighted by molar-refractivity contribution is 6.97. The van der Waals surface area contributed by atoms with Crippen LogP contribution in [-0.2, 0) is 11.8 Å². The first-order valence-corrected chi connectivity index (χ1v) is 15.1. The number of hydrogen-bond acceptors (Lipinski definition) is 0. The molecule has 2 heterocycles. The molecule has 2 aliphatic rings. The van der Waals surface area contributed by atoms with Crippen molar-refractivity contribution in [3.05, 3.63) is 161 Å². The van der Waals surface area contributed by atoms with Gasteiger partial charge in [0.2, 0.25) is 6.71 Å². The fraction of sp³-hybridized carbons (Fsp3) is 0.122. The van der Waals surface area contributed by atoms with Crippen molar-refractivity contribution >= 4 is 45.5 Å². The Morgan fingerprint density at radius 3 is 2.12 bits per heavy atom. The largest absolute Gasteiger partial charge is 0.243 e. The minimum absolute atomic E-state index is 0.112. The van der Waals surface area contributed by atoms with Crippen LogP contribution in [0.5, 0.6) is 0 Å². The molecule has 0 bridgehead atoms. The van der Waals surface area contributed by atoms with Crippen LogP contribution in [0.1, 0.15) is 54.2 Å². The van der Waals surface area contributed by atoms with Crippen molar-refractivity contribution in [1.29, 1.82) is 0 Å².